The smallest absolute Gasteiger partial charge is 0.181 e. The predicted molar refractivity (Wildman–Crippen MR) is 62.2 cm³/mol. The van der Waals surface area contributed by atoms with Crippen molar-refractivity contribution in [3.05, 3.63) is 35.9 Å². The second-order valence-electron chi connectivity index (χ2n) is 4.30. The fourth-order valence-electron chi connectivity index (χ4n) is 1.91. The van der Waals surface area contributed by atoms with E-state index in [0.717, 1.165) is 5.56 Å². The molecule has 1 aromatic carbocycles. The number of aliphatic hydroxyl groups is 2. The Hall–Kier alpha value is -0.940. The first-order valence-corrected chi connectivity index (χ1v) is 5.87. The van der Waals surface area contributed by atoms with E-state index in [1.54, 1.807) is 0 Å². The van der Waals surface area contributed by atoms with Gasteiger partial charge in [-0.05, 0) is 12.0 Å². The lowest BCUT2D eigenvalue weighted by molar-refractivity contribution is -0.109. The summed E-state index contributed by atoms with van der Waals surface area (Å²) in [6.07, 6.45) is -1.12. The van der Waals surface area contributed by atoms with Crippen molar-refractivity contribution in [3.8, 4) is 0 Å². The number of benzene rings is 1. The van der Waals surface area contributed by atoms with Gasteiger partial charge in [0.2, 0.25) is 0 Å². The average molecular weight is 238 g/mol. The third kappa shape index (κ3) is 3.51. The molecule has 4 heteroatoms. The summed E-state index contributed by atoms with van der Waals surface area (Å²) in [7, 11) is 0. The second kappa shape index (κ2) is 6.12. The van der Waals surface area contributed by atoms with E-state index in [1.165, 1.54) is 0 Å². The van der Waals surface area contributed by atoms with E-state index in [0.29, 0.717) is 26.2 Å². The normalized spacial score (nSPS) is 28.5. The Balaban J connectivity index is 1.64. The van der Waals surface area contributed by atoms with Gasteiger partial charge in [-0.15, -0.1) is 0 Å². The number of hydrogen-bond donors (Lipinski definition) is 2. The van der Waals surface area contributed by atoms with Crippen LogP contribution in [0.1, 0.15) is 12.0 Å². The molecule has 0 aliphatic carbocycles. The summed E-state index contributed by atoms with van der Waals surface area (Å²) in [6.45, 7) is 1.54. The topological polar surface area (TPSA) is 58.9 Å². The Morgan fingerprint density at radius 3 is 2.65 bits per heavy atom. The second-order valence-corrected chi connectivity index (χ2v) is 4.30. The van der Waals surface area contributed by atoms with Crippen molar-refractivity contribution >= 4 is 0 Å². The summed E-state index contributed by atoms with van der Waals surface area (Å²) in [6, 6.07) is 9.94. The zero-order valence-corrected chi connectivity index (χ0v) is 9.66. The van der Waals surface area contributed by atoms with E-state index in [2.05, 4.69) is 0 Å². The van der Waals surface area contributed by atoms with E-state index in [9.17, 15) is 10.2 Å². The van der Waals surface area contributed by atoms with Crippen LogP contribution in [0.3, 0.4) is 0 Å². The maximum absolute atomic E-state index is 9.54. The van der Waals surface area contributed by atoms with Gasteiger partial charge in [-0.3, -0.25) is 0 Å². The van der Waals surface area contributed by atoms with Crippen molar-refractivity contribution in [2.24, 2.45) is 5.92 Å². The van der Waals surface area contributed by atoms with Gasteiger partial charge in [0.1, 0.15) is 6.10 Å². The summed E-state index contributed by atoms with van der Waals surface area (Å²) in [5.41, 5.74) is 1.13. The van der Waals surface area contributed by atoms with Crippen LogP contribution in [0.5, 0.6) is 0 Å². The molecule has 1 unspecified atom stereocenters. The largest absolute Gasteiger partial charge is 0.387 e. The molecular formula is C13H18O4. The number of hydrogen-bond acceptors (Lipinski definition) is 4. The molecule has 0 spiro atoms. The van der Waals surface area contributed by atoms with Gasteiger partial charge in [0.25, 0.3) is 0 Å². The van der Waals surface area contributed by atoms with E-state index < -0.39 is 12.4 Å². The summed E-state index contributed by atoms with van der Waals surface area (Å²) in [5.74, 6) is -0.0271. The molecule has 2 rings (SSSR count). The van der Waals surface area contributed by atoms with E-state index in [4.69, 9.17) is 9.47 Å². The molecule has 3 atom stereocenters. The minimum Gasteiger partial charge on any atom is -0.387 e. The van der Waals surface area contributed by atoms with Crippen molar-refractivity contribution < 1.29 is 19.7 Å². The molecule has 0 amide bonds. The quantitative estimate of drug-likeness (QED) is 0.749. The van der Waals surface area contributed by atoms with Crippen LogP contribution in [0.4, 0.5) is 0 Å². The van der Waals surface area contributed by atoms with Gasteiger partial charge in [-0.2, -0.15) is 0 Å². The van der Waals surface area contributed by atoms with Crippen LogP contribution < -0.4 is 0 Å². The zero-order valence-electron chi connectivity index (χ0n) is 9.66. The SMILES string of the molecule is OC1[C@H](CCOCc2ccccc2)CO[C@H]1O. The van der Waals surface area contributed by atoms with Crippen LogP contribution in [0.25, 0.3) is 0 Å². The lowest BCUT2D eigenvalue weighted by Gasteiger charge is -2.13. The Morgan fingerprint density at radius 1 is 1.24 bits per heavy atom. The van der Waals surface area contributed by atoms with Gasteiger partial charge in [-0.1, -0.05) is 30.3 Å². The Morgan fingerprint density at radius 2 is 2.00 bits per heavy atom. The maximum atomic E-state index is 9.54. The van der Waals surface area contributed by atoms with Crippen LogP contribution >= 0.6 is 0 Å². The van der Waals surface area contributed by atoms with Gasteiger partial charge < -0.3 is 19.7 Å². The average Bonchev–Trinajstić information content (AvgIpc) is 2.67. The molecule has 94 valence electrons. The summed E-state index contributed by atoms with van der Waals surface area (Å²) in [4.78, 5) is 0. The van der Waals surface area contributed by atoms with Crippen molar-refractivity contribution in [3.63, 3.8) is 0 Å². The van der Waals surface area contributed by atoms with Gasteiger partial charge in [0.15, 0.2) is 6.29 Å². The minimum atomic E-state index is -1.03. The minimum absolute atomic E-state index is 0.0271. The molecule has 0 radical (unpaired) electrons. The van der Waals surface area contributed by atoms with Gasteiger partial charge in [0.05, 0.1) is 13.2 Å². The molecule has 0 saturated carbocycles. The van der Waals surface area contributed by atoms with Crippen LogP contribution in [-0.4, -0.2) is 35.8 Å². The summed E-state index contributed by atoms with van der Waals surface area (Å²) in [5, 5.41) is 18.7. The molecule has 2 N–H and O–H groups in total. The molecule has 1 aliphatic rings. The monoisotopic (exact) mass is 238 g/mol. The zero-order chi connectivity index (χ0) is 12.1. The lowest BCUT2D eigenvalue weighted by Crippen LogP contribution is -2.26. The van der Waals surface area contributed by atoms with Gasteiger partial charge in [0, 0.05) is 12.5 Å². The van der Waals surface area contributed by atoms with Crippen molar-refractivity contribution in [1.29, 1.82) is 0 Å². The highest BCUT2D eigenvalue weighted by Gasteiger charge is 2.33. The summed E-state index contributed by atoms with van der Waals surface area (Å²) >= 11 is 0. The fraction of sp³-hybridized carbons (Fsp3) is 0.538. The highest BCUT2D eigenvalue weighted by Crippen LogP contribution is 2.21. The lowest BCUT2D eigenvalue weighted by atomic mass is 10.0. The van der Waals surface area contributed by atoms with E-state index >= 15 is 0 Å². The van der Waals surface area contributed by atoms with Crippen LogP contribution in [0.15, 0.2) is 30.3 Å². The highest BCUT2D eigenvalue weighted by atomic mass is 16.6. The number of ether oxygens (including phenoxy) is 2. The van der Waals surface area contributed by atoms with Crippen molar-refractivity contribution in [2.75, 3.05) is 13.2 Å². The molecule has 0 bridgehead atoms. The Kier molecular flexibility index (Phi) is 4.50. The van der Waals surface area contributed by atoms with E-state index in [-0.39, 0.29) is 5.92 Å². The van der Waals surface area contributed by atoms with E-state index in [1.807, 2.05) is 30.3 Å². The van der Waals surface area contributed by atoms with Gasteiger partial charge in [-0.25, -0.2) is 0 Å². The highest BCUT2D eigenvalue weighted by molar-refractivity contribution is 5.13. The number of aliphatic hydroxyl groups excluding tert-OH is 2. The standard InChI is InChI=1S/C13H18O4/c14-12-11(9-17-13(12)15)6-7-16-8-10-4-2-1-3-5-10/h1-5,11-15H,6-9H2/t11-,12?,13-/m1/s1. The molecular weight excluding hydrogens is 220 g/mol. The predicted octanol–water partition coefficient (Wildman–Crippen LogP) is 0.919. The molecule has 1 aromatic rings. The molecule has 17 heavy (non-hydrogen) atoms. The first-order valence-electron chi connectivity index (χ1n) is 5.87. The Bertz CT molecular complexity index is 327. The molecule has 1 fully saturated rings. The number of rotatable bonds is 5. The molecule has 1 aliphatic heterocycles. The molecule has 1 heterocycles. The molecule has 4 nitrogen and oxygen atoms in total. The maximum Gasteiger partial charge on any atom is 0.181 e. The molecule has 1 saturated heterocycles. The van der Waals surface area contributed by atoms with Crippen molar-refractivity contribution in [1.82, 2.24) is 0 Å². The van der Waals surface area contributed by atoms with Gasteiger partial charge >= 0.3 is 0 Å². The third-order valence-electron chi connectivity index (χ3n) is 3.00. The first kappa shape index (κ1) is 12.5. The molecule has 0 aromatic heterocycles. The van der Waals surface area contributed by atoms with Crippen LogP contribution in [0.2, 0.25) is 0 Å². The Labute approximate surface area is 101 Å². The third-order valence-corrected chi connectivity index (χ3v) is 3.00. The first-order chi connectivity index (χ1) is 8.27. The fourth-order valence-corrected chi connectivity index (χ4v) is 1.91. The van der Waals surface area contributed by atoms with Crippen LogP contribution in [0, 0.1) is 5.92 Å². The van der Waals surface area contributed by atoms with Crippen LogP contribution in [-0.2, 0) is 16.1 Å². The summed E-state index contributed by atoms with van der Waals surface area (Å²) < 4.78 is 10.5. The van der Waals surface area contributed by atoms with Crippen molar-refractivity contribution in [2.45, 2.75) is 25.4 Å².